The number of hydrogen-bond donors (Lipinski definition) is 0. The Kier molecular flexibility index (Phi) is 8.99. The maximum absolute atomic E-state index is 13.8. The summed E-state index contributed by atoms with van der Waals surface area (Å²) in [4.78, 5) is 48.1. The van der Waals surface area contributed by atoms with Gasteiger partial charge in [0.2, 0.25) is 11.8 Å². The van der Waals surface area contributed by atoms with Gasteiger partial charge in [-0.15, -0.1) is 12.4 Å². The maximum atomic E-state index is 13.8. The molecule has 0 aliphatic carbocycles. The zero-order chi connectivity index (χ0) is 25.9. The van der Waals surface area contributed by atoms with Crippen LogP contribution in [0.3, 0.4) is 0 Å². The number of thiazole rings is 1. The van der Waals surface area contributed by atoms with Crippen LogP contribution < -0.4 is 14.5 Å². The molecule has 2 aliphatic heterocycles. The van der Waals surface area contributed by atoms with Crippen LogP contribution in [0.1, 0.15) is 35.2 Å². The summed E-state index contributed by atoms with van der Waals surface area (Å²) in [5, 5.41) is 0.614. The predicted molar refractivity (Wildman–Crippen MR) is 150 cm³/mol. The van der Waals surface area contributed by atoms with E-state index in [9.17, 15) is 14.4 Å². The number of aryl methyl sites for hydroxylation is 1. The summed E-state index contributed by atoms with van der Waals surface area (Å²) in [5.41, 5.74) is 2.78. The van der Waals surface area contributed by atoms with Crippen LogP contribution in [0.25, 0.3) is 10.2 Å². The number of nitrogens with zero attached hydrogens (tertiary/aromatic N) is 4. The molecule has 5 rings (SSSR count). The first kappa shape index (κ1) is 28.0. The second-order valence-corrected chi connectivity index (χ2v) is 10.2. The second-order valence-electron chi connectivity index (χ2n) is 9.19. The number of imide groups is 1. The first-order valence-electron chi connectivity index (χ1n) is 12.5. The van der Waals surface area contributed by atoms with Crippen LogP contribution in [0.2, 0.25) is 0 Å². The Bertz CT molecular complexity index is 1310. The van der Waals surface area contributed by atoms with Gasteiger partial charge >= 0.3 is 0 Å². The molecule has 0 saturated carbocycles. The highest BCUT2D eigenvalue weighted by Crippen LogP contribution is 2.37. The monoisotopic (exact) mass is 558 g/mol. The molecule has 0 atom stereocenters. The Morgan fingerprint density at radius 2 is 1.76 bits per heavy atom. The molecular weight excluding hydrogens is 528 g/mol. The predicted octanol–water partition coefficient (Wildman–Crippen LogP) is 4.06. The highest BCUT2D eigenvalue weighted by atomic mass is 35.5. The molecule has 3 aromatic rings. The minimum Gasteiger partial charge on any atom is -0.494 e. The molecule has 0 radical (unpaired) electrons. The first-order valence-corrected chi connectivity index (χ1v) is 13.3. The van der Waals surface area contributed by atoms with E-state index in [0.717, 1.165) is 55.0 Å². The van der Waals surface area contributed by atoms with Crippen LogP contribution in [0, 0.1) is 6.92 Å². The number of anilines is 2. The van der Waals surface area contributed by atoms with Gasteiger partial charge < -0.3 is 9.47 Å². The lowest BCUT2D eigenvalue weighted by atomic mass is 10.1. The maximum Gasteiger partial charge on any atom is 0.260 e. The molecule has 0 spiro atoms. The van der Waals surface area contributed by atoms with Crippen molar-refractivity contribution in [2.45, 2.75) is 26.2 Å². The summed E-state index contributed by atoms with van der Waals surface area (Å²) in [6.07, 6.45) is 1.22. The number of amides is 3. The molecule has 2 aromatic carbocycles. The van der Waals surface area contributed by atoms with E-state index in [1.807, 2.05) is 19.1 Å². The van der Waals surface area contributed by atoms with Crippen LogP contribution in [-0.2, 0) is 14.3 Å². The number of rotatable bonds is 8. The zero-order valence-corrected chi connectivity index (χ0v) is 23.1. The number of carbonyl (C=O) groups excluding carboxylic acids is 3. The molecule has 0 bridgehead atoms. The summed E-state index contributed by atoms with van der Waals surface area (Å²) in [6.45, 7) is 6.62. The minimum absolute atomic E-state index is 0. The van der Waals surface area contributed by atoms with Gasteiger partial charge in [0, 0.05) is 44.6 Å². The van der Waals surface area contributed by atoms with Gasteiger partial charge in [-0.3, -0.25) is 29.1 Å². The fourth-order valence-electron chi connectivity index (χ4n) is 4.71. The SMILES string of the molecule is COc1ccc(C)c2sc(N(CCCN3CCOCC3)C(=O)c3ccc(N4C(=O)CCC4=O)cc3)nc12.Cl. The lowest BCUT2D eigenvalue weighted by Gasteiger charge is -2.27. The number of hydrogen-bond acceptors (Lipinski definition) is 8. The molecule has 2 saturated heterocycles. The number of aromatic nitrogens is 1. The third-order valence-corrected chi connectivity index (χ3v) is 7.99. The van der Waals surface area contributed by atoms with Gasteiger partial charge in [-0.1, -0.05) is 17.4 Å². The van der Waals surface area contributed by atoms with Gasteiger partial charge in [-0.05, 0) is 49.2 Å². The van der Waals surface area contributed by atoms with Crippen LogP contribution in [0.4, 0.5) is 10.8 Å². The Labute approximate surface area is 231 Å². The normalized spacial score (nSPS) is 16.1. The molecule has 0 unspecified atom stereocenters. The van der Waals surface area contributed by atoms with Crippen molar-refractivity contribution in [3.8, 4) is 5.75 Å². The third kappa shape index (κ3) is 5.68. The van der Waals surface area contributed by atoms with Crippen molar-refractivity contribution in [3.05, 3.63) is 47.5 Å². The molecular formula is C27H31ClN4O5S. The first-order chi connectivity index (χ1) is 18.0. The molecule has 2 fully saturated rings. The molecule has 202 valence electrons. The van der Waals surface area contributed by atoms with E-state index in [-0.39, 0.29) is 43.0 Å². The number of ether oxygens (including phenoxy) is 2. The average molecular weight is 559 g/mol. The summed E-state index contributed by atoms with van der Waals surface area (Å²) in [7, 11) is 1.62. The Balaban J connectivity index is 0.00000336. The Morgan fingerprint density at radius 1 is 1.08 bits per heavy atom. The highest BCUT2D eigenvalue weighted by Gasteiger charge is 2.30. The van der Waals surface area contributed by atoms with Crippen molar-refractivity contribution < 1.29 is 23.9 Å². The highest BCUT2D eigenvalue weighted by molar-refractivity contribution is 7.22. The fraction of sp³-hybridized carbons (Fsp3) is 0.407. The third-order valence-electron chi connectivity index (χ3n) is 6.77. The molecule has 0 N–H and O–H groups in total. The molecule has 38 heavy (non-hydrogen) atoms. The second kappa shape index (κ2) is 12.2. The van der Waals surface area contributed by atoms with Crippen molar-refractivity contribution in [1.82, 2.24) is 9.88 Å². The number of morpholine rings is 1. The van der Waals surface area contributed by atoms with Crippen molar-refractivity contribution in [3.63, 3.8) is 0 Å². The van der Waals surface area contributed by atoms with Crippen LogP contribution in [0.5, 0.6) is 5.75 Å². The van der Waals surface area contributed by atoms with E-state index in [0.29, 0.717) is 28.7 Å². The zero-order valence-electron chi connectivity index (χ0n) is 21.5. The standard InChI is InChI=1S/C27H30N4O5S.ClH/c1-18-4-9-21(35-2)24-25(18)37-27(28-24)30(13-3-12-29-14-16-36-17-15-29)26(34)19-5-7-20(8-6-19)31-22(32)10-11-23(31)33;/h4-9H,3,10-17H2,1-2H3;1H. The van der Waals surface area contributed by atoms with Crippen molar-refractivity contribution in [2.75, 3.05) is 56.3 Å². The Hall–Kier alpha value is -3.05. The van der Waals surface area contributed by atoms with Gasteiger partial charge in [-0.25, -0.2) is 4.98 Å². The number of carbonyl (C=O) groups is 3. The quantitative estimate of drug-likeness (QED) is 0.385. The summed E-state index contributed by atoms with van der Waals surface area (Å²) in [6, 6.07) is 10.5. The van der Waals surface area contributed by atoms with Crippen molar-refractivity contribution >= 4 is 62.5 Å². The summed E-state index contributed by atoms with van der Waals surface area (Å²) < 4.78 is 12.0. The lowest BCUT2D eigenvalue weighted by molar-refractivity contribution is -0.121. The van der Waals surface area contributed by atoms with Gasteiger partial charge in [0.25, 0.3) is 5.91 Å². The van der Waals surface area contributed by atoms with Crippen LogP contribution >= 0.6 is 23.7 Å². The van der Waals surface area contributed by atoms with Gasteiger partial charge in [-0.2, -0.15) is 0 Å². The summed E-state index contributed by atoms with van der Waals surface area (Å²) >= 11 is 1.48. The van der Waals surface area contributed by atoms with E-state index >= 15 is 0 Å². The lowest BCUT2D eigenvalue weighted by Crippen LogP contribution is -2.39. The number of methoxy groups -OCH3 is 1. The van der Waals surface area contributed by atoms with E-state index < -0.39 is 0 Å². The molecule has 3 heterocycles. The van der Waals surface area contributed by atoms with E-state index in [2.05, 4.69) is 4.90 Å². The number of benzene rings is 2. The fourth-order valence-corrected chi connectivity index (χ4v) is 5.79. The molecule has 3 amide bonds. The van der Waals surface area contributed by atoms with Gasteiger partial charge in [0.05, 0.1) is 30.7 Å². The molecule has 11 heteroatoms. The number of fused-ring (bicyclic) bond motifs is 1. The van der Waals surface area contributed by atoms with E-state index in [4.69, 9.17) is 14.5 Å². The Morgan fingerprint density at radius 3 is 2.42 bits per heavy atom. The van der Waals surface area contributed by atoms with Gasteiger partial charge in [0.1, 0.15) is 11.3 Å². The minimum atomic E-state index is -0.215. The average Bonchev–Trinajstić information content (AvgIpc) is 3.51. The van der Waals surface area contributed by atoms with Crippen LogP contribution in [0.15, 0.2) is 36.4 Å². The smallest absolute Gasteiger partial charge is 0.260 e. The van der Waals surface area contributed by atoms with Crippen molar-refractivity contribution in [1.29, 1.82) is 0 Å². The van der Waals surface area contributed by atoms with E-state index in [1.54, 1.807) is 36.3 Å². The molecule has 9 nitrogen and oxygen atoms in total. The molecule has 2 aliphatic rings. The molecule has 1 aromatic heterocycles. The van der Waals surface area contributed by atoms with E-state index in [1.165, 1.54) is 16.2 Å². The largest absolute Gasteiger partial charge is 0.494 e. The number of halogens is 1. The summed E-state index contributed by atoms with van der Waals surface area (Å²) in [5.74, 6) is 0.0663. The van der Waals surface area contributed by atoms with Gasteiger partial charge in [0.15, 0.2) is 5.13 Å². The van der Waals surface area contributed by atoms with Crippen LogP contribution in [-0.4, -0.2) is 74.1 Å². The van der Waals surface area contributed by atoms with Crippen molar-refractivity contribution in [2.24, 2.45) is 0 Å². The topological polar surface area (TPSA) is 92.3 Å².